The van der Waals surface area contributed by atoms with E-state index >= 15 is 0 Å². The van der Waals surface area contributed by atoms with Crippen molar-refractivity contribution >= 4 is 33.2 Å². The van der Waals surface area contributed by atoms with Crippen molar-refractivity contribution in [2.75, 3.05) is 0 Å². The molecule has 0 spiro atoms. The van der Waals surface area contributed by atoms with Gasteiger partial charge in [-0.3, -0.25) is 9.36 Å². The molecule has 0 atom stereocenters. The third-order valence-electron chi connectivity index (χ3n) is 4.42. The minimum absolute atomic E-state index is 0.129. The van der Waals surface area contributed by atoms with Crippen molar-refractivity contribution in [3.63, 3.8) is 0 Å². The summed E-state index contributed by atoms with van der Waals surface area (Å²) in [6.07, 6.45) is 1.67. The molecule has 0 saturated carbocycles. The van der Waals surface area contributed by atoms with Gasteiger partial charge >= 0.3 is 5.69 Å². The first kappa shape index (κ1) is 19.1. The Morgan fingerprint density at radius 2 is 2.03 bits per heavy atom. The topological polar surface area (TPSA) is 93.6 Å². The Kier molecular flexibility index (Phi) is 5.01. The Morgan fingerprint density at radius 1 is 1.24 bits per heavy atom. The highest BCUT2D eigenvalue weighted by Crippen LogP contribution is 2.35. The average Bonchev–Trinajstić information content (AvgIpc) is 3.14. The summed E-state index contributed by atoms with van der Waals surface area (Å²) >= 11 is 7.57. The fourth-order valence-electron chi connectivity index (χ4n) is 3.08. The third-order valence-corrected chi connectivity index (χ3v) is 5.89. The summed E-state index contributed by atoms with van der Waals surface area (Å²) in [6.45, 7) is 1.96. The molecule has 0 amide bonds. The third kappa shape index (κ3) is 3.35. The lowest BCUT2D eigenvalue weighted by atomic mass is 10.2. The number of aromatic nitrogens is 4. The number of nitrogens with zero attached hydrogens (tertiary/aromatic N) is 5. The van der Waals surface area contributed by atoms with Crippen LogP contribution in [0.3, 0.4) is 0 Å². The lowest BCUT2D eigenvalue weighted by Crippen LogP contribution is -2.39. The summed E-state index contributed by atoms with van der Waals surface area (Å²) in [6, 6.07) is 12.7. The Morgan fingerprint density at radius 3 is 2.76 bits per heavy atom. The highest BCUT2D eigenvalue weighted by molar-refractivity contribution is 7.22. The Hall–Kier alpha value is -3.28. The zero-order valence-electron chi connectivity index (χ0n) is 15.3. The summed E-state index contributed by atoms with van der Waals surface area (Å²) in [4.78, 5) is 27.1. The van der Waals surface area contributed by atoms with E-state index in [1.807, 2.05) is 24.3 Å². The lowest BCUT2D eigenvalue weighted by molar-refractivity contribution is 0.655. The van der Waals surface area contributed by atoms with Gasteiger partial charge in [-0.2, -0.15) is 10.4 Å². The van der Waals surface area contributed by atoms with Crippen LogP contribution in [0.25, 0.3) is 26.5 Å². The number of fused-ring (bicyclic) bond motifs is 1. The number of nitriles is 1. The van der Waals surface area contributed by atoms with Gasteiger partial charge in [-0.1, -0.05) is 29.8 Å². The summed E-state index contributed by atoms with van der Waals surface area (Å²) in [7, 11) is 0. The minimum atomic E-state index is -0.554. The second kappa shape index (κ2) is 7.62. The maximum Gasteiger partial charge on any atom is 0.337 e. The standard InChI is InChI=1S/C20H14ClN5O2S/c1-12-9-17(24-23-11-12)26-19(27)18-15(25(20(26)28)8-4-7-22)10-16(29-18)13-5-2-3-6-14(13)21/h2-3,5-6,9-11H,4,8H2,1H3. The minimum Gasteiger partial charge on any atom is -0.291 e. The molecule has 29 heavy (non-hydrogen) atoms. The van der Waals surface area contributed by atoms with Gasteiger partial charge in [0.1, 0.15) is 4.70 Å². The molecule has 144 valence electrons. The SMILES string of the molecule is Cc1cnnc(-n2c(=O)c3sc(-c4ccccc4Cl)cc3n(CCC#N)c2=O)c1. The fourth-order valence-corrected chi connectivity index (χ4v) is 4.50. The van der Waals surface area contributed by atoms with Crippen LogP contribution < -0.4 is 11.2 Å². The number of hydrogen-bond acceptors (Lipinski definition) is 6. The fraction of sp³-hybridized carbons (Fsp3) is 0.150. The zero-order valence-corrected chi connectivity index (χ0v) is 16.9. The quantitative estimate of drug-likeness (QED) is 0.500. The second-order valence-corrected chi connectivity index (χ2v) is 7.84. The van der Waals surface area contributed by atoms with Crippen LogP contribution in [0.5, 0.6) is 0 Å². The van der Waals surface area contributed by atoms with Crippen LogP contribution in [0.15, 0.2) is 52.2 Å². The van der Waals surface area contributed by atoms with E-state index in [1.165, 1.54) is 15.9 Å². The summed E-state index contributed by atoms with van der Waals surface area (Å²) in [5.74, 6) is 0.153. The van der Waals surface area contributed by atoms with Gasteiger partial charge < -0.3 is 0 Å². The zero-order chi connectivity index (χ0) is 20.5. The van der Waals surface area contributed by atoms with E-state index in [2.05, 4.69) is 10.2 Å². The molecule has 3 aromatic heterocycles. The molecule has 0 bridgehead atoms. The van der Waals surface area contributed by atoms with Crippen molar-refractivity contribution in [1.82, 2.24) is 19.3 Å². The first-order valence-corrected chi connectivity index (χ1v) is 9.91. The smallest absolute Gasteiger partial charge is 0.291 e. The molecular formula is C20H14ClN5O2S. The summed E-state index contributed by atoms with van der Waals surface area (Å²) < 4.78 is 2.83. The van der Waals surface area contributed by atoms with E-state index in [1.54, 1.807) is 31.3 Å². The first-order valence-electron chi connectivity index (χ1n) is 8.72. The molecule has 0 radical (unpaired) electrons. The first-order chi connectivity index (χ1) is 14.0. The summed E-state index contributed by atoms with van der Waals surface area (Å²) in [5.41, 5.74) is 0.999. The maximum absolute atomic E-state index is 13.2. The van der Waals surface area contributed by atoms with Gasteiger partial charge in [0.2, 0.25) is 0 Å². The molecule has 0 unspecified atom stereocenters. The Labute approximate surface area is 174 Å². The molecule has 3 heterocycles. The van der Waals surface area contributed by atoms with Crippen molar-refractivity contribution in [3.8, 4) is 22.3 Å². The van der Waals surface area contributed by atoms with E-state index in [9.17, 15) is 9.59 Å². The van der Waals surface area contributed by atoms with E-state index in [0.717, 1.165) is 20.6 Å². The van der Waals surface area contributed by atoms with Crippen LogP contribution in [0, 0.1) is 18.3 Å². The monoisotopic (exact) mass is 423 g/mol. The number of thiophene rings is 1. The molecule has 4 aromatic rings. The highest BCUT2D eigenvalue weighted by Gasteiger charge is 2.19. The number of hydrogen-bond donors (Lipinski definition) is 0. The summed E-state index contributed by atoms with van der Waals surface area (Å²) in [5, 5.41) is 17.4. The van der Waals surface area contributed by atoms with Crippen molar-refractivity contribution < 1.29 is 0 Å². The number of halogens is 1. The van der Waals surface area contributed by atoms with Gasteiger partial charge in [-0.25, -0.2) is 9.36 Å². The van der Waals surface area contributed by atoms with Crippen LogP contribution >= 0.6 is 22.9 Å². The van der Waals surface area contributed by atoms with Gasteiger partial charge in [0, 0.05) is 22.0 Å². The number of aryl methyl sites for hydroxylation is 2. The normalized spacial score (nSPS) is 10.9. The molecule has 7 nitrogen and oxygen atoms in total. The van der Waals surface area contributed by atoms with Gasteiger partial charge in [0.25, 0.3) is 5.56 Å². The van der Waals surface area contributed by atoms with E-state index < -0.39 is 11.2 Å². The molecular weight excluding hydrogens is 410 g/mol. The van der Waals surface area contributed by atoms with E-state index in [4.69, 9.17) is 16.9 Å². The van der Waals surface area contributed by atoms with Crippen molar-refractivity contribution in [2.24, 2.45) is 0 Å². The second-order valence-electron chi connectivity index (χ2n) is 6.38. The largest absolute Gasteiger partial charge is 0.337 e. The Balaban J connectivity index is 2.06. The predicted octanol–water partition coefficient (Wildman–Crippen LogP) is 3.55. The van der Waals surface area contributed by atoms with Crippen molar-refractivity contribution in [1.29, 1.82) is 5.26 Å². The molecule has 0 aliphatic rings. The van der Waals surface area contributed by atoms with E-state index in [-0.39, 0.29) is 18.8 Å². The molecule has 0 aliphatic carbocycles. The number of rotatable bonds is 4. The van der Waals surface area contributed by atoms with Gasteiger partial charge in [0.15, 0.2) is 5.82 Å². The molecule has 9 heteroatoms. The molecule has 0 fully saturated rings. The van der Waals surface area contributed by atoms with Crippen LogP contribution in [-0.4, -0.2) is 19.3 Å². The van der Waals surface area contributed by atoms with Crippen LogP contribution in [0.4, 0.5) is 0 Å². The van der Waals surface area contributed by atoms with Gasteiger partial charge in [-0.05, 0) is 30.7 Å². The van der Waals surface area contributed by atoms with E-state index in [0.29, 0.717) is 15.2 Å². The van der Waals surface area contributed by atoms with Crippen LogP contribution in [0.1, 0.15) is 12.0 Å². The molecule has 0 N–H and O–H groups in total. The molecule has 0 saturated heterocycles. The van der Waals surface area contributed by atoms with Gasteiger partial charge in [0.05, 0.1) is 24.2 Å². The molecule has 1 aromatic carbocycles. The lowest BCUT2D eigenvalue weighted by Gasteiger charge is -2.10. The number of benzene rings is 1. The van der Waals surface area contributed by atoms with Crippen molar-refractivity contribution in [2.45, 2.75) is 19.9 Å². The predicted molar refractivity (Wildman–Crippen MR) is 113 cm³/mol. The Bertz CT molecular complexity index is 1400. The van der Waals surface area contributed by atoms with Crippen molar-refractivity contribution in [3.05, 3.63) is 74.0 Å². The van der Waals surface area contributed by atoms with Gasteiger partial charge in [-0.15, -0.1) is 16.4 Å². The molecule has 0 aliphatic heterocycles. The molecule has 4 rings (SSSR count). The average molecular weight is 424 g/mol. The van der Waals surface area contributed by atoms with Crippen LogP contribution in [0.2, 0.25) is 5.02 Å². The highest BCUT2D eigenvalue weighted by atomic mass is 35.5. The van der Waals surface area contributed by atoms with Crippen LogP contribution in [-0.2, 0) is 6.54 Å². The maximum atomic E-state index is 13.2.